The van der Waals surface area contributed by atoms with Gasteiger partial charge in [-0.1, -0.05) is 62.7 Å². The van der Waals surface area contributed by atoms with E-state index < -0.39 is 11.5 Å². The summed E-state index contributed by atoms with van der Waals surface area (Å²) < 4.78 is 11.1. The zero-order chi connectivity index (χ0) is 21.3. The molecule has 0 aromatic heterocycles. The van der Waals surface area contributed by atoms with E-state index in [0.717, 1.165) is 18.4 Å². The van der Waals surface area contributed by atoms with Gasteiger partial charge in [0.2, 0.25) is 0 Å². The van der Waals surface area contributed by atoms with E-state index in [9.17, 15) is 9.90 Å². The van der Waals surface area contributed by atoms with Crippen LogP contribution in [0.5, 0.6) is 5.75 Å². The molecule has 3 atom stereocenters. The fraction of sp³-hybridized carbons (Fsp3) is 0.480. The summed E-state index contributed by atoms with van der Waals surface area (Å²) in [5, 5.41) is 11.4. The summed E-state index contributed by atoms with van der Waals surface area (Å²) in [6.07, 6.45) is 1.48. The van der Waals surface area contributed by atoms with Crippen LogP contribution in [0.1, 0.15) is 70.6 Å². The van der Waals surface area contributed by atoms with Crippen LogP contribution in [0.2, 0.25) is 0 Å². The van der Waals surface area contributed by atoms with Gasteiger partial charge in [-0.2, -0.15) is 0 Å². The van der Waals surface area contributed by atoms with Crippen LogP contribution in [-0.4, -0.2) is 23.8 Å². The number of aliphatic hydroxyl groups excluding tert-OH is 1. The lowest BCUT2D eigenvalue weighted by molar-refractivity contribution is -0.129. The smallest absolute Gasteiger partial charge is 0.196 e. The molecule has 158 valence electrons. The third kappa shape index (κ3) is 5.46. The van der Waals surface area contributed by atoms with E-state index in [0.29, 0.717) is 30.8 Å². The van der Waals surface area contributed by atoms with Crippen molar-refractivity contribution in [2.75, 3.05) is 6.61 Å². The third-order valence-corrected chi connectivity index (χ3v) is 5.47. The first kappa shape index (κ1) is 23.1. The summed E-state index contributed by atoms with van der Waals surface area (Å²) in [5.74, 6) is 0.756. The molecular formula is C25H34O4. The second-order valence-corrected chi connectivity index (χ2v) is 7.33. The molecule has 0 saturated carbocycles. The second-order valence-electron chi connectivity index (χ2n) is 7.33. The van der Waals surface area contributed by atoms with Crippen LogP contribution in [0.25, 0.3) is 0 Å². The van der Waals surface area contributed by atoms with Crippen LogP contribution in [0.4, 0.5) is 0 Å². The van der Waals surface area contributed by atoms with Crippen molar-refractivity contribution < 1.29 is 19.4 Å². The number of ketones is 1. The Morgan fingerprint density at radius 1 is 1.03 bits per heavy atom. The number of aliphatic hydroxyl groups is 1. The Morgan fingerprint density at radius 3 is 2.24 bits per heavy atom. The number of ether oxygens (including phenoxy) is 2. The molecule has 1 N–H and O–H groups in total. The minimum absolute atomic E-state index is 0.0887. The molecule has 0 fully saturated rings. The predicted molar refractivity (Wildman–Crippen MR) is 116 cm³/mol. The van der Waals surface area contributed by atoms with Crippen molar-refractivity contribution in [2.45, 2.75) is 71.2 Å². The van der Waals surface area contributed by atoms with Crippen LogP contribution in [0, 0.1) is 0 Å². The normalized spacial score (nSPS) is 15.3. The van der Waals surface area contributed by atoms with Gasteiger partial charge in [0.05, 0.1) is 11.5 Å². The summed E-state index contributed by atoms with van der Waals surface area (Å²) in [5.41, 5.74) is 0.607. The minimum Gasteiger partial charge on any atom is -0.465 e. The zero-order valence-corrected chi connectivity index (χ0v) is 18.1. The Balaban J connectivity index is 2.36. The quantitative estimate of drug-likeness (QED) is 0.474. The number of carbonyl (C=O) groups is 1. The van der Waals surface area contributed by atoms with Crippen molar-refractivity contribution in [3.63, 3.8) is 0 Å². The van der Waals surface area contributed by atoms with Gasteiger partial charge in [0.1, 0.15) is 11.5 Å². The van der Waals surface area contributed by atoms with E-state index in [1.165, 1.54) is 0 Å². The van der Waals surface area contributed by atoms with Gasteiger partial charge in [0.15, 0.2) is 6.29 Å². The molecule has 29 heavy (non-hydrogen) atoms. The number of unbranched alkanes of at least 4 members (excludes halogenated alkanes) is 1. The molecule has 0 aliphatic carbocycles. The van der Waals surface area contributed by atoms with Gasteiger partial charge >= 0.3 is 0 Å². The van der Waals surface area contributed by atoms with Gasteiger partial charge in [0.25, 0.3) is 0 Å². The first-order valence-corrected chi connectivity index (χ1v) is 10.6. The summed E-state index contributed by atoms with van der Waals surface area (Å²) in [6.45, 7) is 8.38. The maximum Gasteiger partial charge on any atom is 0.196 e. The Bertz CT molecular complexity index is 741. The lowest BCUT2D eigenvalue weighted by Crippen LogP contribution is -2.41. The van der Waals surface area contributed by atoms with Crippen LogP contribution in [0.3, 0.4) is 0 Å². The molecule has 0 bridgehead atoms. The molecule has 0 aliphatic rings. The average Bonchev–Trinajstić information content (AvgIpc) is 2.74. The summed E-state index contributed by atoms with van der Waals surface area (Å²) >= 11 is 0. The van der Waals surface area contributed by atoms with Gasteiger partial charge in [0, 0.05) is 13.0 Å². The van der Waals surface area contributed by atoms with Crippen molar-refractivity contribution in [1.29, 1.82) is 0 Å². The first-order chi connectivity index (χ1) is 14.0. The number of hydrogen-bond acceptors (Lipinski definition) is 4. The van der Waals surface area contributed by atoms with Crippen LogP contribution in [-0.2, 0) is 14.9 Å². The Labute approximate surface area is 174 Å². The van der Waals surface area contributed by atoms with Gasteiger partial charge in [-0.05, 0) is 49.9 Å². The summed E-state index contributed by atoms with van der Waals surface area (Å²) in [4.78, 5) is 13.4. The Kier molecular flexibility index (Phi) is 8.87. The van der Waals surface area contributed by atoms with Gasteiger partial charge in [-0.25, -0.2) is 0 Å². The predicted octanol–water partition coefficient (Wildman–Crippen LogP) is 5.59. The highest BCUT2D eigenvalue weighted by Crippen LogP contribution is 2.42. The molecule has 0 heterocycles. The fourth-order valence-electron chi connectivity index (χ4n) is 3.84. The maximum absolute atomic E-state index is 13.4. The van der Waals surface area contributed by atoms with Crippen molar-refractivity contribution in [1.82, 2.24) is 0 Å². The zero-order valence-electron chi connectivity index (χ0n) is 18.1. The molecule has 0 amide bonds. The van der Waals surface area contributed by atoms with Crippen molar-refractivity contribution in [2.24, 2.45) is 0 Å². The van der Waals surface area contributed by atoms with Crippen molar-refractivity contribution in [3.8, 4) is 5.75 Å². The fourth-order valence-corrected chi connectivity index (χ4v) is 3.84. The molecule has 0 spiro atoms. The van der Waals surface area contributed by atoms with Crippen molar-refractivity contribution in [3.05, 3.63) is 65.7 Å². The summed E-state index contributed by atoms with van der Waals surface area (Å²) in [7, 11) is 0. The highest BCUT2D eigenvalue weighted by atomic mass is 16.7. The SMILES string of the molecule is CCCCC(=O)C(CC)(c1ccccc1)C(O)c1ccc(OC(C)OCC)cc1. The van der Waals surface area contributed by atoms with Gasteiger partial charge in [-0.15, -0.1) is 0 Å². The molecule has 2 rings (SSSR count). The molecule has 0 aliphatic heterocycles. The van der Waals surface area contributed by atoms with E-state index in [-0.39, 0.29) is 12.1 Å². The van der Waals surface area contributed by atoms with E-state index in [1.807, 2.05) is 75.4 Å². The van der Waals surface area contributed by atoms with Crippen LogP contribution < -0.4 is 4.74 Å². The van der Waals surface area contributed by atoms with E-state index in [4.69, 9.17) is 9.47 Å². The Hall–Kier alpha value is -2.17. The number of hydrogen-bond donors (Lipinski definition) is 1. The van der Waals surface area contributed by atoms with Crippen LogP contribution in [0.15, 0.2) is 54.6 Å². The van der Waals surface area contributed by atoms with Gasteiger partial charge < -0.3 is 14.6 Å². The molecule has 4 nitrogen and oxygen atoms in total. The lowest BCUT2D eigenvalue weighted by Gasteiger charge is -2.37. The Morgan fingerprint density at radius 2 is 1.69 bits per heavy atom. The van der Waals surface area contributed by atoms with E-state index in [2.05, 4.69) is 6.92 Å². The second kappa shape index (κ2) is 11.1. The van der Waals surface area contributed by atoms with E-state index in [1.54, 1.807) is 0 Å². The third-order valence-electron chi connectivity index (χ3n) is 5.47. The van der Waals surface area contributed by atoms with Gasteiger partial charge in [-0.3, -0.25) is 4.79 Å². The number of carbonyl (C=O) groups excluding carboxylic acids is 1. The average molecular weight is 399 g/mol. The molecular weight excluding hydrogens is 364 g/mol. The van der Waals surface area contributed by atoms with Crippen molar-refractivity contribution >= 4 is 5.78 Å². The topological polar surface area (TPSA) is 55.8 Å². The standard InChI is InChI=1S/C25H34O4/c1-5-8-14-23(26)25(6-2,21-12-10-9-11-13-21)24(27)20-15-17-22(18-16-20)29-19(4)28-7-3/h9-13,15-19,24,27H,5-8,14H2,1-4H3. The first-order valence-electron chi connectivity index (χ1n) is 10.6. The monoisotopic (exact) mass is 398 g/mol. The molecule has 3 unspecified atom stereocenters. The highest BCUT2D eigenvalue weighted by Gasteiger charge is 2.44. The van der Waals surface area contributed by atoms with Crippen LogP contribution >= 0.6 is 0 Å². The largest absolute Gasteiger partial charge is 0.465 e. The minimum atomic E-state index is -0.961. The molecule has 2 aromatic carbocycles. The number of rotatable bonds is 12. The maximum atomic E-state index is 13.4. The molecule has 0 radical (unpaired) electrons. The molecule has 4 heteroatoms. The summed E-state index contributed by atoms with van der Waals surface area (Å²) in [6, 6.07) is 17.0. The molecule has 2 aromatic rings. The highest BCUT2D eigenvalue weighted by molar-refractivity contribution is 5.91. The number of benzene rings is 2. The van der Waals surface area contributed by atoms with E-state index >= 15 is 0 Å². The lowest BCUT2D eigenvalue weighted by atomic mass is 9.67. The molecule has 0 saturated heterocycles. The number of Topliss-reactive ketones (excluding diaryl/α,β-unsaturated/α-hetero) is 1.